The zero-order chi connectivity index (χ0) is 20.9. The average molecular weight is 421 g/mol. The van der Waals surface area contributed by atoms with Crippen LogP contribution in [0.4, 0.5) is 0 Å². The first kappa shape index (κ1) is 21.8. The number of aromatic nitrogens is 2. The van der Waals surface area contributed by atoms with E-state index in [0.29, 0.717) is 42.9 Å². The van der Waals surface area contributed by atoms with Gasteiger partial charge in [0.05, 0.1) is 15.9 Å². The maximum atomic E-state index is 12.9. The third-order valence-corrected chi connectivity index (χ3v) is 7.47. The van der Waals surface area contributed by atoms with Crippen molar-refractivity contribution in [2.75, 3.05) is 19.6 Å². The van der Waals surface area contributed by atoms with Gasteiger partial charge in [-0.15, -0.1) is 0 Å². The lowest BCUT2D eigenvalue weighted by molar-refractivity contribution is -0.121. The zero-order valence-corrected chi connectivity index (χ0v) is 18.3. The van der Waals surface area contributed by atoms with E-state index in [1.54, 1.807) is 16.4 Å². The number of unbranched alkanes of at least 4 members (excludes halogenated alkanes) is 2. The molecule has 29 heavy (non-hydrogen) atoms. The van der Waals surface area contributed by atoms with Crippen molar-refractivity contribution >= 4 is 27.0 Å². The molecule has 160 valence electrons. The Hall–Kier alpha value is -1.93. The molecule has 1 aliphatic heterocycles. The van der Waals surface area contributed by atoms with Crippen LogP contribution in [-0.4, -0.2) is 47.8 Å². The van der Waals surface area contributed by atoms with Crippen molar-refractivity contribution in [3.63, 3.8) is 0 Å². The Labute approximate surface area is 173 Å². The summed E-state index contributed by atoms with van der Waals surface area (Å²) in [7, 11) is -1.57. The third kappa shape index (κ3) is 5.17. The van der Waals surface area contributed by atoms with Crippen LogP contribution in [0, 0.1) is 0 Å². The summed E-state index contributed by atoms with van der Waals surface area (Å²) in [5.74, 6) is 0.817. The quantitative estimate of drug-likeness (QED) is 0.632. The van der Waals surface area contributed by atoms with Crippen LogP contribution < -0.4 is 5.32 Å². The molecule has 0 saturated carbocycles. The smallest absolute Gasteiger partial charge is 0.243 e. The predicted octanol–water partition coefficient (Wildman–Crippen LogP) is 2.99. The van der Waals surface area contributed by atoms with Crippen LogP contribution in [0.15, 0.2) is 23.1 Å². The molecule has 1 aliphatic rings. The normalized spacial score (nSPS) is 15.7. The van der Waals surface area contributed by atoms with Gasteiger partial charge in [-0.3, -0.25) is 4.79 Å². The number of fused-ring (bicyclic) bond motifs is 1. The molecule has 8 heteroatoms. The van der Waals surface area contributed by atoms with E-state index in [1.165, 1.54) is 0 Å². The summed E-state index contributed by atoms with van der Waals surface area (Å²) in [4.78, 5) is 16.9. The highest BCUT2D eigenvalue weighted by Crippen LogP contribution is 2.24. The van der Waals surface area contributed by atoms with Gasteiger partial charge in [0.2, 0.25) is 15.9 Å². The number of imidazole rings is 1. The summed E-state index contributed by atoms with van der Waals surface area (Å²) < 4.78 is 29.4. The monoisotopic (exact) mass is 420 g/mol. The molecule has 0 bridgehead atoms. The van der Waals surface area contributed by atoms with Gasteiger partial charge < -0.3 is 9.88 Å². The number of carbonyl (C=O) groups is 1. The zero-order valence-electron chi connectivity index (χ0n) is 17.5. The Morgan fingerprint density at radius 2 is 1.93 bits per heavy atom. The molecule has 2 aromatic rings. The molecular formula is C21H32N4O3S. The summed E-state index contributed by atoms with van der Waals surface area (Å²) in [5.41, 5.74) is 1.53. The maximum absolute atomic E-state index is 12.9. The SMILES string of the molecule is CCCCCNC(=O)CCc1nc2cc(S(=O)(=O)N3CCCCC3)ccc2n1C. The van der Waals surface area contributed by atoms with Gasteiger partial charge in [0, 0.05) is 39.5 Å². The van der Waals surface area contributed by atoms with E-state index in [-0.39, 0.29) is 5.91 Å². The molecule has 3 rings (SSSR count). The molecule has 1 saturated heterocycles. The van der Waals surface area contributed by atoms with Crippen LogP contribution in [0.25, 0.3) is 11.0 Å². The molecule has 7 nitrogen and oxygen atoms in total. The third-order valence-electron chi connectivity index (χ3n) is 5.58. The molecule has 1 aromatic heterocycles. The van der Waals surface area contributed by atoms with Gasteiger partial charge >= 0.3 is 0 Å². The van der Waals surface area contributed by atoms with Gasteiger partial charge in [-0.1, -0.05) is 26.2 Å². The lowest BCUT2D eigenvalue weighted by Crippen LogP contribution is -2.35. The van der Waals surface area contributed by atoms with Crippen molar-refractivity contribution < 1.29 is 13.2 Å². The minimum Gasteiger partial charge on any atom is -0.356 e. The van der Waals surface area contributed by atoms with Gasteiger partial charge in [0.1, 0.15) is 5.82 Å². The molecule has 1 amide bonds. The molecule has 1 fully saturated rings. The van der Waals surface area contributed by atoms with Gasteiger partial charge in [0.15, 0.2) is 0 Å². The van der Waals surface area contributed by atoms with Crippen molar-refractivity contribution in [2.24, 2.45) is 7.05 Å². The first-order chi connectivity index (χ1) is 13.9. The van der Waals surface area contributed by atoms with Crippen LogP contribution in [0.3, 0.4) is 0 Å². The molecule has 1 aromatic carbocycles. The fourth-order valence-corrected chi connectivity index (χ4v) is 5.32. The number of hydrogen-bond donors (Lipinski definition) is 1. The number of amides is 1. The van der Waals surface area contributed by atoms with Gasteiger partial charge in [-0.25, -0.2) is 13.4 Å². The Morgan fingerprint density at radius 3 is 2.66 bits per heavy atom. The lowest BCUT2D eigenvalue weighted by atomic mass is 10.2. The van der Waals surface area contributed by atoms with E-state index in [4.69, 9.17) is 0 Å². The molecule has 0 atom stereocenters. The largest absolute Gasteiger partial charge is 0.356 e. The van der Waals surface area contributed by atoms with Gasteiger partial charge in [-0.05, 0) is 37.5 Å². The number of sulfonamides is 1. The predicted molar refractivity (Wildman–Crippen MR) is 114 cm³/mol. The summed E-state index contributed by atoms with van der Waals surface area (Å²) in [6.07, 6.45) is 7.06. The Balaban J connectivity index is 1.70. The Morgan fingerprint density at radius 1 is 1.17 bits per heavy atom. The fraction of sp³-hybridized carbons (Fsp3) is 0.619. The van der Waals surface area contributed by atoms with Crippen LogP contribution in [0.1, 0.15) is 57.7 Å². The second kappa shape index (κ2) is 9.71. The van der Waals surface area contributed by atoms with Crippen molar-refractivity contribution in [1.82, 2.24) is 19.2 Å². The number of carbonyl (C=O) groups excluding carboxylic acids is 1. The van der Waals surface area contributed by atoms with Crippen molar-refractivity contribution in [2.45, 2.75) is 63.2 Å². The first-order valence-electron chi connectivity index (χ1n) is 10.7. The molecule has 2 heterocycles. The Bertz CT molecular complexity index is 946. The number of nitrogens with one attached hydrogen (secondary N) is 1. The number of benzene rings is 1. The number of piperidine rings is 1. The highest BCUT2D eigenvalue weighted by atomic mass is 32.2. The highest BCUT2D eigenvalue weighted by molar-refractivity contribution is 7.89. The van der Waals surface area contributed by atoms with E-state index in [0.717, 1.165) is 49.9 Å². The Kier molecular flexibility index (Phi) is 7.29. The van der Waals surface area contributed by atoms with Crippen molar-refractivity contribution in [1.29, 1.82) is 0 Å². The van der Waals surface area contributed by atoms with Crippen molar-refractivity contribution in [3.05, 3.63) is 24.0 Å². The van der Waals surface area contributed by atoms with Gasteiger partial charge in [-0.2, -0.15) is 4.31 Å². The second-order valence-corrected chi connectivity index (χ2v) is 9.70. The fourth-order valence-electron chi connectivity index (χ4n) is 3.78. The topological polar surface area (TPSA) is 84.3 Å². The van der Waals surface area contributed by atoms with Crippen LogP contribution >= 0.6 is 0 Å². The average Bonchev–Trinajstić information content (AvgIpc) is 3.05. The highest BCUT2D eigenvalue weighted by Gasteiger charge is 2.26. The van der Waals surface area contributed by atoms with E-state index < -0.39 is 10.0 Å². The molecule has 0 aliphatic carbocycles. The van der Waals surface area contributed by atoms with Crippen LogP contribution in [-0.2, 0) is 28.3 Å². The number of nitrogens with zero attached hydrogens (tertiary/aromatic N) is 3. The van der Waals surface area contributed by atoms with E-state index >= 15 is 0 Å². The summed E-state index contributed by atoms with van der Waals surface area (Å²) >= 11 is 0. The first-order valence-corrected chi connectivity index (χ1v) is 12.1. The van der Waals surface area contributed by atoms with E-state index in [1.807, 2.05) is 17.7 Å². The van der Waals surface area contributed by atoms with E-state index in [2.05, 4.69) is 17.2 Å². The maximum Gasteiger partial charge on any atom is 0.243 e. The van der Waals surface area contributed by atoms with E-state index in [9.17, 15) is 13.2 Å². The second-order valence-electron chi connectivity index (χ2n) is 7.76. The lowest BCUT2D eigenvalue weighted by Gasteiger charge is -2.25. The summed E-state index contributed by atoms with van der Waals surface area (Å²) in [6, 6.07) is 5.14. The standard InChI is InChI=1S/C21H32N4O3S/c1-3-4-6-13-22-21(26)12-11-20-23-18-16-17(9-10-19(18)24(20)2)29(27,28)25-14-7-5-8-15-25/h9-10,16H,3-8,11-15H2,1-2H3,(H,22,26). The number of aryl methyl sites for hydroxylation is 2. The minimum absolute atomic E-state index is 0.0292. The number of rotatable bonds is 9. The summed E-state index contributed by atoms with van der Waals surface area (Å²) in [5, 5.41) is 2.95. The van der Waals surface area contributed by atoms with Crippen LogP contribution in [0.5, 0.6) is 0 Å². The van der Waals surface area contributed by atoms with Gasteiger partial charge in [0.25, 0.3) is 0 Å². The molecule has 0 unspecified atom stereocenters. The number of hydrogen-bond acceptors (Lipinski definition) is 4. The van der Waals surface area contributed by atoms with Crippen LogP contribution in [0.2, 0.25) is 0 Å². The summed E-state index contributed by atoms with van der Waals surface area (Å²) in [6.45, 7) is 4.02. The minimum atomic E-state index is -3.48. The molecular weight excluding hydrogens is 388 g/mol. The van der Waals surface area contributed by atoms with Crippen molar-refractivity contribution in [3.8, 4) is 0 Å². The molecule has 1 N–H and O–H groups in total. The molecule has 0 spiro atoms. The molecule has 0 radical (unpaired) electrons.